The fraction of sp³-hybridized carbons (Fsp3) is 0.500. The van der Waals surface area contributed by atoms with Gasteiger partial charge in [0.25, 0.3) is 5.56 Å². The van der Waals surface area contributed by atoms with E-state index in [2.05, 4.69) is 14.9 Å². The predicted molar refractivity (Wildman–Crippen MR) is 95.4 cm³/mol. The molecule has 0 spiro atoms. The first-order valence-corrected chi connectivity index (χ1v) is 8.69. The molecule has 1 aromatic heterocycles. The Balaban J connectivity index is 1.55. The molecule has 1 amide bonds. The van der Waals surface area contributed by atoms with Crippen LogP contribution in [0, 0.1) is 0 Å². The summed E-state index contributed by atoms with van der Waals surface area (Å²) in [5.74, 6) is 0.622. The van der Waals surface area contributed by atoms with Crippen LogP contribution in [0.25, 0.3) is 10.9 Å². The zero-order valence-corrected chi connectivity index (χ0v) is 14.4. The van der Waals surface area contributed by atoms with Gasteiger partial charge in [-0.05, 0) is 19.1 Å². The van der Waals surface area contributed by atoms with Gasteiger partial charge in [0.15, 0.2) is 0 Å². The first kappa shape index (κ1) is 17.6. The van der Waals surface area contributed by atoms with Gasteiger partial charge in [0.05, 0.1) is 17.0 Å². The number of benzene rings is 1. The monoisotopic (exact) mass is 344 g/mol. The maximum Gasteiger partial charge on any atom is 0.258 e. The summed E-state index contributed by atoms with van der Waals surface area (Å²) in [6.45, 7) is 5.32. The van der Waals surface area contributed by atoms with Gasteiger partial charge in [-0.25, -0.2) is 4.98 Å². The van der Waals surface area contributed by atoms with Gasteiger partial charge in [-0.15, -0.1) is 0 Å². The molecule has 134 valence electrons. The van der Waals surface area contributed by atoms with Crippen molar-refractivity contribution in [3.8, 4) is 0 Å². The van der Waals surface area contributed by atoms with Gasteiger partial charge in [-0.1, -0.05) is 12.1 Å². The van der Waals surface area contributed by atoms with E-state index in [1.54, 1.807) is 25.1 Å². The summed E-state index contributed by atoms with van der Waals surface area (Å²) >= 11 is 0. The second-order valence-electron chi connectivity index (χ2n) is 6.56. The lowest BCUT2D eigenvalue weighted by molar-refractivity contribution is -0.133. The van der Waals surface area contributed by atoms with Crippen LogP contribution >= 0.6 is 0 Å². The molecule has 1 saturated heterocycles. The lowest BCUT2D eigenvalue weighted by Crippen LogP contribution is -2.50. The Morgan fingerprint density at radius 1 is 1.28 bits per heavy atom. The topological polar surface area (TPSA) is 89.5 Å². The van der Waals surface area contributed by atoms with Gasteiger partial charge in [0, 0.05) is 45.6 Å². The molecule has 1 atom stereocenters. The van der Waals surface area contributed by atoms with Gasteiger partial charge in [-0.2, -0.15) is 0 Å². The van der Waals surface area contributed by atoms with E-state index in [1.165, 1.54) is 0 Å². The molecule has 1 fully saturated rings. The Morgan fingerprint density at radius 3 is 2.72 bits per heavy atom. The van der Waals surface area contributed by atoms with Crippen molar-refractivity contribution in [2.24, 2.45) is 0 Å². The second-order valence-corrected chi connectivity index (χ2v) is 6.56. The van der Waals surface area contributed by atoms with Crippen molar-refractivity contribution in [1.29, 1.82) is 0 Å². The Labute approximate surface area is 146 Å². The molecule has 2 aromatic rings. The van der Waals surface area contributed by atoms with Crippen LogP contribution in [0.3, 0.4) is 0 Å². The molecule has 2 N–H and O–H groups in total. The molecule has 1 aliphatic rings. The van der Waals surface area contributed by atoms with Crippen LogP contribution in [0.2, 0.25) is 0 Å². The number of H-pyrrole nitrogens is 1. The van der Waals surface area contributed by atoms with Crippen LogP contribution in [0.5, 0.6) is 0 Å². The summed E-state index contributed by atoms with van der Waals surface area (Å²) in [5.41, 5.74) is 0.486. The van der Waals surface area contributed by atoms with Crippen molar-refractivity contribution in [1.82, 2.24) is 19.8 Å². The number of β-amino-alcohol motifs (C(OH)–C–C–N with tert-alkyl or cyclic N) is 1. The van der Waals surface area contributed by atoms with Gasteiger partial charge >= 0.3 is 0 Å². The highest BCUT2D eigenvalue weighted by Crippen LogP contribution is 2.09. The number of hydrogen-bond donors (Lipinski definition) is 2. The van der Waals surface area contributed by atoms with Gasteiger partial charge in [-0.3, -0.25) is 14.5 Å². The van der Waals surface area contributed by atoms with Gasteiger partial charge < -0.3 is 15.0 Å². The Morgan fingerprint density at radius 2 is 2.00 bits per heavy atom. The van der Waals surface area contributed by atoms with Crippen LogP contribution in [0.1, 0.15) is 19.2 Å². The predicted octanol–water partition coefficient (Wildman–Crippen LogP) is 0.381. The number of aliphatic hydroxyl groups is 1. The summed E-state index contributed by atoms with van der Waals surface area (Å²) in [5, 5.41) is 9.99. The molecular weight excluding hydrogens is 320 g/mol. The summed E-state index contributed by atoms with van der Waals surface area (Å²) < 4.78 is 0. The van der Waals surface area contributed by atoms with Crippen molar-refractivity contribution in [3.63, 3.8) is 0 Å². The van der Waals surface area contributed by atoms with Crippen LogP contribution in [0.15, 0.2) is 29.1 Å². The average molecular weight is 344 g/mol. The quantitative estimate of drug-likeness (QED) is 0.819. The number of carbonyl (C=O) groups excluding carboxylic acids is 1. The largest absolute Gasteiger partial charge is 0.392 e. The highest BCUT2D eigenvalue weighted by Gasteiger charge is 2.21. The van der Waals surface area contributed by atoms with E-state index in [9.17, 15) is 14.7 Å². The summed E-state index contributed by atoms with van der Waals surface area (Å²) in [4.78, 5) is 35.6. The number of amides is 1. The second kappa shape index (κ2) is 7.76. The van der Waals surface area contributed by atoms with Crippen LogP contribution < -0.4 is 5.56 Å². The van der Waals surface area contributed by atoms with Crippen molar-refractivity contribution in [2.45, 2.75) is 25.9 Å². The lowest BCUT2D eigenvalue weighted by atomic mass is 10.2. The first-order valence-electron chi connectivity index (χ1n) is 8.69. The number of rotatable bonds is 5. The van der Waals surface area contributed by atoms with Crippen molar-refractivity contribution in [2.75, 3.05) is 32.7 Å². The highest BCUT2D eigenvalue weighted by atomic mass is 16.3. The first-order chi connectivity index (χ1) is 12.0. The lowest BCUT2D eigenvalue weighted by Gasteiger charge is -2.35. The fourth-order valence-corrected chi connectivity index (χ4v) is 3.19. The number of carbonyl (C=O) groups is 1. The Kier molecular flexibility index (Phi) is 5.45. The number of aryl methyl sites for hydroxylation is 1. The van der Waals surface area contributed by atoms with Crippen molar-refractivity contribution < 1.29 is 9.90 Å². The number of hydrogen-bond acceptors (Lipinski definition) is 5. The van der Waals surface area contributed by atoms with E-state index in [0.29, 0.717) is 49.2 Å². The van der Waals surface area contributed by atoms with Gasteiger partial charge in [0.1, 0.15) is 5.82 Å². The molecule has 25 heavy (non-hydrogen) atoms. The molecule has 7 nitrogen and oxygen atoms in total. The minimum atomic E-state index is -0.349. The SMILES string of the molecule is CC(O)CN1CCN(C(=O)CCc2nc3ccccc3c(=O)[nH]2)CC1. The third-order valence-electron chi connectivity index (χ3n) is 4.48. The maximum absolute atomic E-state index is 12.4. The average Bonchev–Trinajstić information content (AvgIpc) is 2.60. The van der Waals surface area contributed by atoms with Crippen LogP contribution in [-0.2, 0) is 11.2 Å². The van der Waals surface area contributed by atoms with E-state index in [-0.39, 0.29) is 17.6 Å². The summed E-state index contributed by atoms with van der Waals surface area (Å²) in [7, 11) is 0. The standard InChI is InChI=1S/C18H24N4O3/c1-13(23)12-21-8-10-22(11-9-21)17(24)7-6-16-19-15-5-3-2-4-14(15)18(25)20-16/h2-5,13,23H,6-12H2,1H3,(H,19,20,25). The van der Waals surface area contributed by atoms with E-state index in [1.807, 2.05) is 11.0 Å². The Bertz CT molecular complexity index is 794. The smallest absolute Gasteiger partial charge is 0.258 e. The molecule has 1 unspecified atom stereocenters. The van der Waals surface area contributed by atoms with E-state index >= 15 is 0 Å². The number of nitrogens with zero attached hydrogens (tertiary/aromatic N) is 3. The summed E-state index contributed by atoms with van der Waals surface area (Å²) in [6, 6.07) is 7.19. The number of fused-ring (bicyclic) bond motifs is 1. The number of piperazine rings is 1. The zero-order chi connectivity index (χ0) is 17.8. The molecule has 1 aliphatic heterocycles. The molecule has 7 heteroatoms. The van der Waals surface area contributed by atoms with Crippen LogP contribution in [0.4, 0.5) is 0 Å². The Hall–Kier alpha value is -2.25. The van der Waals surface area contributed by atoms with E-state index in [0.717, 1.165) is 13.1 Å². The van der Waals surface area contributed by atoms with Crippen molar-refractivity contribution in [3.05, 3.63) is 40.4 Å². The third-order valence-corrected chi connectivity index (χ3v) is 4.48. The number of nitrogens with one attached hydrogen (secondary N) is 1. The maximum atomic E-state index is 12.4. The molecule has 0 radical (unpaired) electrons. The normalized spacial score (nSPS) is 17.0. The number of aromatic nitrogens is 2. The number of aromatic amines is 1. The summed E-state index contributed by atoms with van der Waals surface area (Å²) in [6.07, 6.45) is 0.405. The fourth-order valence-electron chi connectivity index (χ4n) is 3.19. The molecule has 0 bridgehead atoms. The zero-order valence-electron chi connectivity index (χ0n) is 14.4. The highest BCUT2D eigenvalue weighted by molar-refractivity contribution is 5.78. The number of aliphatic hydroxyl groups excluding tert-OH is 1. The van der Waals surface area contributed by atoms with Crippen LogP contribution in [-0.4, -0.2) is 69.6 Å². The molecule has 0 saturated carbocycles. The molecule has 0 aliphatic carbocycles. The minimum Gasteiger partial charge on any atom is -0.392 e. The molecular formula is C18H24N4O3. The molecule has 1 aromatic carbocycles. The van der Waals surface area contributed by atoms with E-state index < -0.39 is 0 Å². The molecule has 2 heterocycles. The molecule has 3 rings (SSSR count). The van der Waals surface area contributed by atoms with Crippen molar-refractivity contribution >= 4 is 16.8 Å². The van der Waals surface area contributed by atoms with E-state index in [4.69, 9.17) is 0 Å². The number of para-hydroxylation sites is 1. The van der Waals surface area contributed by atoms with Gasteiger partial charge in [0.2, 0.25) is 5.91 Å². The third kappa shape index (κ3) is 4.43. The minimum absolute atomic E-state index is 0.0764.